The summed E-state index contributed by atoms with van der Waals surface area (Å²) in [7, 11) is 0. The summed E-state index contributed by atoms with van der Waals surface area (Å²) in [4.78, 5) is 5.19. The molecule has 3 heterocycles. The first-order chi connectivity index (χ1) is 14.7. The van der Waals surface area contributed by atoms with Crippen molar-refractivity contribution in [2.45, 2.75) is 44.7 Å². The van der Waals surface area contributed by atoms with Crippen LogP contribution in [0, 0.1) is 5.82 Å². The van der Waals surface area contributed by atoms with E-state index in [9.17, 15) is 4.39 Å². The summed E-state index contributed by atoms with van der Waals surface area (Å²) < 4.78 is 16.1. The maximum atomic E-state index is 14.3. The minimum absolute atomic E-state index is 0.290. The number of fused-ring (bicyclic) bond motifs is 1. The Labute approximate surface area is 182 Å². The van der Waals surface area contributed by atoms with Crippen LogP contribution in [0.15, 0.2) is 42.6 Å². The highest BCUT2D eigenvalue weighted by atomic mass is 35.5. The maximum absolute atomic E-state index is 14.3. The molecule has 3 aromatic rings. The Morgan fingerprint density at radius 2 is 1.77 bits per heavy atom. The first-order valence-corrected chi connectivity index (χ1v) is 11.4. The molecule has 1 aromatic heterocycles. The molecule has 0 spiro atoms. The predicted molar refractivity (Wildman–Crippen MR) is 121 cm³/mol. The summed E-state index contributed by atoms with van der Waals surface area (Å²) in [5, 5.41) is 6.00. The molecule has 6 heteroatoms. The molecule has 2 saturated heterocycles. The van der Waals surface area contributed by atoms with Crippen LogP contribution in [0.25, 0.3) is 10.9 Å². The van der Waals surface area contributed by atoms with Gasteiger partial charge in [-0.15, -0.1) is 0 Å². The highest BCUT2D eigenvalue weighted by Crippen LogP contribution is 2.28. The van der Waals surface area contributed by atoms with Gasteiger partial charge in [-0.2, -0.15) is 5.10 Å². The largest absolute Gasteiger partial charge is 0.371 e. The molecule has 30 heavy (non-hydrogen) atoms. The van der Waals surface area contributed by atoms with Gasteiger partial charge >= 0.3 is 0 Å². The summed E-state index contributed by atoms with van der Waals surface area (Å²) in [6, 6.07) is 12.1. The van der Waals surface area contributed by atoms with E-state index in [1.807, 2.05) is 10.9 Å². The van der Waals surface area contributed by atoms with Crippen molar-refractivity contribution in [3.05, 3.63) is 59.0 Å². The molecule has 0 aliphatic carbocycles. The second-order valence-corrected chi connectivity index (χ2v) is 9.03. The lowest BCUT2D eigenvalue weighted by atomic mass is 9.99. The van der Waals surface area contributed by atoms with Gasteiger partial charge in [0.2, 0.25) is 0 Å². The van der Waals surface area contributed by atoms with Gasteiger partial charge in [0.25, 0.3) is 0 Å². The van der Waals surface area contributed by atoms with E-state index >= 15 is 0 Å². The molecule has 2 aliphatic heterocycles. The van der Waals surface area contributed by atoms with E-state index < -0.39 is 0 Å². The van der Waals surface area contributed by atoms with Crippen LogP contribution in [-0.2, 0) is 6.54 Å². The molecule has 0 bridgehead atoms. The SMILES string of the molecule is Fc1cc(Cl)ccc1Cn1ncc2ccc(N3CCC(N4CCCCC4)CC3)cc21. The number of hydrogen-bond acceptors (Lipinski definition) is 3. The van der Waals surface area contributed by atoms with Crippen molar-refractivity contribution in [2.24, 2.45) is 0 Å². The van der Waals surface area contributed by atoms with Crippen molar-refractivity contribution in [3.63, 3.8) is 0 Å². The highest BCUT2D eigenvalue weighted by Gasteiger charge is 2.25. The van der Waals surface area contributed by atoms with Crippen molar-refractivity contribution >= 4 is 28.2 Å². The molecule has 158 valence electrons. The van der Waals surface area contributed by atoms with E-state index in [1.54, 1.807) is 12.1 Å². The number of rotatable bonds is 4. The summed E-state index contributed by atoms with van der Waals surface area (Å²) in [5.41, 5.74) is 2.87. The normalized spacial score (nSPS) is 18.9. The first-order valence-electron chi connectivity index (χ1n) is 11.1. The van der Waals surface area contributed by atoms with Crippen LogP contribution >= 0.6 is 11.6 Å². The maximum Gasteiger partial charge on any atom is 0.129 e. The Morgan fingerprint density at radius 1 is 0.967 bits per heavy atom. The van der Waals surface area contributed by atoms with Crippen molar-refractivity contribution in [2.75, 3.05) is 31.1 Å². The second kappa shape index (κ2) is 8.56. The van der Waals surface area contributed by atoms with Gasteiger partial charge in [-0.05, 0) is 69.1 Å². The number of aromatic nitrogens is 2. The number of benzene rings is 2. The van der Waals surface area contributed by atoms with Gasteiger partial charge in [0.1, 0.15) is 5.82 Å². The zero-order chi connectivity index (χ0) is 20.5. The Bertz CT molecular complexity index is 1020. The van der Waals surface area contributed by atoms with Gasteiger partial charge < -0.3 is 9.80 Å². The van der Waals surface area contributed by atoms with E-state index in [0.29, 0.717) is 17.1 Å². The number of hydrogen-bond donors (Lipinski definition) is 0. The molecule has 2 aliphatic rings. The second-order valence-electron chi connectivity index (χ2n) is 8.60. The van der Waals surface area contributed by atoms with Crippen LogP contribution in [0.3, 0.4) is 0 Å². The molecule has 2 aromatic carbocycles. The van der Waals surface area contributed by atoms with Crippen LogP contribution in [0.5, 0.6) is 0 Å². The Balaban J connectivity index is 1.32. The summed E-state index contributed by atoms with van der Waals surface area (Å²) in [5.74, 6) is -0.290. The fourth-order valence-electron chi connectivity index (χ4n) is 4.97. The monoisotopic (exact) mass is 426 g/mol. The minimum Gasteiger partial charge on any atom is -0.371 e. The third kappa shape index (κ3) is 4.06. The summed E-state index contributed by atoms with van der Waals surface area (Å²) in [6.07, 6.45) is 8.42. The van der Waals surface area contributed by atoms with Gasteiger partial charge in [-0.25, -0.2) is 4.39 Å². The fraction of sp³-hybridized carbons (Fsp3) is 0.458. The van der Waals surface area contributed by atoms with E-state index in [4.69, 9.17) is 11.6 Å². The minimum atomic E-state index is -0.290. The van der Waals surface area contributed by atoms with Crippen molar-refractivity contribution in [3.8, 4) is 0 Å². The summed E-state index contributed by atoms with van der Waals surface area (Å²) in [6.45, 7) is 5.13. The lowest BCUT2D eigenvalue weighted by Gasteiger charge is -2.41. The third-order valence-electron chi connectivity index (χ3n) is 6.70. The average molecular weight is 427 g/mol. The molecule has 4 nitrogen and oxygen atoms in total. The van der Waals surface area contributed by atoms with Crippen LogP contribution in [-0.4, -0.2) is 46.9 Å². The molecule has 0 N–H and O–H groups in total. The van der Waals surface area contributed by atoms with Gasteiger partial charge in [0, 0.05) is 40.8 Å². The Morgan fingerprint density at radius 3 is 2.53 bits per heavy atom. The molecular formula is C24H28ClFN4. The molecule has 0 atom stereocenters. The van der Waals surface area contributed by atoms with E-state index in [0.717, 1.165) is 30.0 Å². The van der Waals surface area contributed by atoms with Crippen molar-refractivity contribution in [1.29, 1.82) is 0 Å². The van der Waals surface area contributed by atoms with Crippen LogP contribution in [0.2, 0.25) is 5.02 Å². The fourth-order valence-corrected chi connectivity index (χ4v) is 5.12. The lowest BCUT2D eigenvalue weighted by molar-refractivity contribution is 0.141. The van der Waals surface area contributed by atoms with Crippen LogP contribution in [0.1, 0.15) is 37.7 Å². The Kier molecular flexibility index (Phi) is 5.66. The lowest BCUT2D eigenvalue weighted by Crippen LogP contribution is -2.46. The van der Waals surface area contributed by atoms with Crippen molar-refractivity contribution < 1.29 is 4.39 Å². The molecule has 0 radical (unpaired) electrons. The van der Waals surface area contributed by atoms with Gasteiger partial charge in [-0.3, -0.25) is 4.68 Å². The smallest absolute Gasteiger partial charge is 0.129 e. The van der Waals surface area contributed by atoms with E-state index in [-0.39, 0.29) is 5.82 Å². The average Bonchev–Trinajstić information content (AvgIpc) is 3.18. The van der Waals surface area contributed by atoms with Gasteiger partial charge in [-0.1, -0.05) is 24.1 Å². The third-order valence-corrected chi connectivity index (χ3v) is 6.94. The number of halogens is 2. The van der Waals surface area contributed by atoms with Gasteiger partial charge in [0.15, 0.2) is 0 Å². The molecule has 2 fully saturated rings. The zero-order valence-corrected chi connectivity index (χ0v) is 18.0. The van der Waals surface area contributed by atoms with Gasteiger partial charge in [0.05, 0.1) is 18.3 Å². The Hall–Kier alpha value is -2.11. The number of piperidine rings is 2. The summed E-state index contributed by atoms with van der Waals surface area (Å²) >= 11 is 5.89. The number of nitrogens with zero attached hydrogens (tertiary/aromatic N) is 4. The first kappa shape index (κ1) is 19.8. The topological polar surface area (TPSA) is 24.3 Å². The molecule has 0 saturated carbocycles. The molecule has 0 amide bonds. The quantitative estimate of drug-likeness (QED) is 0.563. The van der Waals surface area contributed by atoms with Crippen LogP contribution < -0.4 is 4.90 Å². The van der Waals surface area contributed by atoms with E-state index in [2.05, 4.69) is 33.1 Å². The van der Waals surface area contributed by atoms with E-state index in [1.165, 1.54) is 56.9 Å². The number of likely N-dealkylation sites (tertiary alicyclic amines) is 1. The van der Waals surface area contributed by atoms with Crippen LogP contribution in [0.4, 0.5) is 10.1 Å². The molecular weight excluding hydrogens is 399 g/mol. The zero-order valence-electron chi connectivity index (χ0n) is 17.2. The molecule has 0 unspecified atom stereocenters. The molecule has 5 rings (SSSR count). The number of anilines is 1. The standard InChI is InChI=1S/C24H28ClFN4/c25-20-6-4-19(23(26)14-20)17-30-24-15-22(7-5-18(24)16-27-30)29-12-8-21(9-13-29)28-10-2-1-3-11-28/h4-7,14-16,21H,1-3,8-13,17H2. The predicted octanol–water partition coefficient (Wildman–Crippen LogP) is 5.33. The van der Waals surface area contributed by atoms with Crippen molar-refractivity contribution in [1.82, 2.24) is 14.7 Å². The highest BCUT2D eigenvalue weighted by molar-refractivity contribution is 6.30.